The molecule has 0 saturated carbocycles. The van der Waals surface area contributed by atoms with Crippen LogP contribution in [0.25, 0.3) is 0 Å². The second-order valence-corrected chi connectivity index (χ2v) is 5.07. The molecule has 0 fully saturated rings. The summed E-state index contributed by atoms with van der Waals surface area (Å²) in [5.74, 6) is -0.344. The monoisotopic (exact) mass is 291 g/mol. The minimum absolute atomic E-state index is 0.00324. The number of hydrogen-bond acceptors (Lipinski definition) is 3. The normalized spacial score (nSPS) is 10.5. The van der Waals surface area contributed by atoms with Crippen molar-refractivity contribution < 1.29 is 14.3 Å². The molecule has 0 radical (unpaired) electrons. The summed E-state index contributed by atoms with van der Waals surface area (Å²) in [6.45, 7) is 6.46. The van der Waals surface area contributed by atoms with Crippen molar-refractivity contribution in [1.29, 1.82) is 0 Å². The molecule has 0 aromatic heterocycles. The van der Waals surface area contributed by atoms with E-state index in [4.69, 9.17) is 4.74 Å². The quantitative estimate of drug-likeness (QED) is 0.581. The Bertz CT molecular complexity index is 467. The van der Waals surface area contributed by atoms with Crippen LogP contribution in [0.15, 0.2) is 24.3 Å². The maximum atomic E-state index is 12.0. The van der Waals surface area contributed by atoms with Crippen molar-refractivity contribution in [2.24, 2.45) is 5.92 Å². The summed E-state index contributed by atoms with van der Waals surface area (Å²) >= 11 is 0. The molecule has 0 saturated heterocycles. The number of ether oxygens (including phenoxy) is 1. The van der Waals surface area contributed by atoms with Gasteiger partial charge in [0.2, 0.25) is 5.91 Å². The maximum absolute atomic E-state index is 12.0. The van der Waals surface area contributed by atoms with E-state index in [-0.39, 0.29) is 17.8 Å². The summed E-state index contributed by atoms with van der Waals surface area (Å²) in [6.07, 6.45) is 3.46. The molecule has 21 heavy (non-hydrogen) atoms. The van der Waals surface area contributed by atoms with Crippen molar-refractivity contribution in [1.82, 2.24) is 0 Å². The fraction of sp³-hybridized carbons (Fsp3) is 0.529. The lowest BCUT2D eigenvalue weighted by Gasteiger charge is -2.13. The highest BCUT2D eigenvalue weighted by atomic mass is 16.5. The summed E-state index contributed by atoms with van der Waals surface area (Å²) in [7, 11) is 0. The van der Waals surface area contributed by atoms with E-state index in [1.165, 1.54) is 0 Å². The highest BCUT2D eigenvalue weighted by molar-refractivity contribution is 5.95. The molecule has 1 amide bonds. The maximum Gasteiger partial charge on any atom is 0.338 e. The average molecular weight is 291 g/mol. The number of esters is 1. The molecule has 4 heteroatoms. The van der Waals surface area contributed by atoms with Gasteiger partial charge in [-0.15, -0.1) is 0 Å². The van der Waals surface area contributed by atoms with Crippen LogP contribution in [-0.4, -0.2) is 18.5 Å². The zero-order valence-electron chi connectivity index (χ0n) is 13.1. The molecule has 1 aromatic carbocycles. The van der Waals surface area contributed by atoms with Crippen molar-refractivity contribution >= 4 is 17.6 Å². The van der Waals surface area contributed by atoms with Crippen molar-refractivity contribution in [3.8, 4) is 0 Å². The van der Waals surface area contributed by atoms with E-state index in [1.807, 2.05) is 20.8 Å². The van der Waals surface area contributed by atoms with Gasteiger partial charge in [-0.2, -0.15) is 0 Å². The Morgan fingerprint density at radius 3 is 2.52 bits per heavy atom. The van der Waals surface area contributed by atoms with Crippen LogP contribution in [0.4, 0.5) is 5.69 Å². The number of carbonyl (C=O) groups excluding carboxylic acids is 2. The fourth-order valence-electron chi connectivity index (χ4n) is 2.02. The molecule has 0 heterocycles. The van der Waals surface area contributed by atoms with Gasteiger partial charge in [-0.05, 0) is 37.5 Å². The van der Waals surface area contributed by atoms with Gasteiger partial charge in [0, 0.05) is 11.6 Å². The number of anilines is 1. The number of unbranched alkanes of at least 4 members (excludes halogenated alkanes) is 1. The summed E-state index contributed by atoms with van der Waals surface area (Å²) in [6, 6.07) is 6.89. The van der Waals surface area contributed by atoms with Crippen LogP contribution in [0, 0.1) is 5.92 Å². The molecule has 0 aliphatic carbocycles. The molecule has 116 valence electrons. The molecule has 1 rings (SSSR count). The number of amides is 1. The smallest absolute Gasteiger partial charge is 0.338 e. The first kappa shape index (κ1) is 17.2. The van der Waals surface area contributed by atoms with Gasteiger partial charge in [0.05, 0.1) is 12.2 Å². The molecule has 0 bridgehead atoms. The first-order chi connectivity index (χ1) is 10.1. The fourth-order valence-corrected chi connectivity index (χ4v) is 2.02. The van der Waals surface area contributed by atoms with Crippen molar-refractivity contribution in [2.45, 2.75) is 46.5 Å². The lowest BCUT2D eigenvalue weighted by molar-refractivity contribution is -0.120. The molecule has 1 aromatic rings. The Labute approximate surface area is 126 Å². The number of hydrogen-bond donors (Lipinski definition) is 1. The molecule has 0 spiro atoms. The third-order valence-corrected chi connectivity index (χ3v) is 3.45. The first-order valence-corrected chi connectivity index (χ1v) is 7.70. The number of benzene rings is 1. The minimum atomic E-state index is -0.345. The summed E-state index contributed by atoms with van der Waals surface area (Å²) in [5.41, 5.74) is 1.10. The molecular formula is C17H25NO3. The minimum Gasteiger partial charge on any atom is -0.462 e. The Morgan fingerprint density at radius 2 is 1.90 bits per heavy atom. The van der Waals surface area contributed by atoms with Crippen LogP contribution in [0.5, 0.6) is 0 Å². The van der Waals surface area contributed by atoms with Gasteiger partial charge in [-0.1, -0.05) is 33.3 Å². The van der Waals surface area contributed by atoms with E-state index in [0.29, 0.717) is 17.9 Å². The summed E-state index contributed by atoms with van der Waals surface area (Å²) < 4.78 is 5.17. The highest BCUT2D eigenvalue weighted by Crippen LogP contribution is 2.15. The lowest BCUT2D eigenvalue weighted by Crippen LogP contribution is -2.21. The van der Waals surface area contributed by atoms with Gasteiger partial charge in [-0.25, -0.2) is 4.79 Å². The zero-order valence-corrected chi connectivity index (χ0v) is 13.1. The first-order valence-electron chi connectivity index (χ1n) is 7.70. The number of nitrogens with one attached hydrogen (secondary N) is 1. The van der Waals surface area contributed by atoms with Crippen LogP contribution in [0.1, 0.15) is 56.8 Å². The molecule has 0 aliphatic rings. The van der Waals surface area contributed by atoms with E-state index >= 15 is 0 Å². The van der Waals surface area contributed by atoms with E-state index in [0.717, 1.165) is 25.7 Å². The highest BCUT2D eigenvalue weighted by Gasteiger charge is 2.15. The van der Waals surface area contributed by atoms with Gasteiger partial charge in [0.25, 0.3) is 0 Å². The third kappa shape index (κ3) is 5.58. The van der Waals surface area contributed by atoms with Gasteiger partial charge < -0.3 is 10.1 Å². The van der Waals surface area contributed by atoms with Gasteiger partial charge in [0.1, 0.15) is 0 Å². The van der Waals surface area contributed by atoms with Crippen LogP contribution in [0.2, 0.25) is 0 Å². The third-order valence-electron chi connectivity index (χ3n) is 3.45. The zero-order chi connectivity index (χ0) is 15.7. The molecule has 4 nitrogen and oxygen atoms in total. The predicted octanol–water partition coefficient (Wildman–Crippen LogP) is 4.02. The topological polar surface area (TPSA) is 55.4 Å². The Morgan fingerprint density at radius 1 is 1.19 bits per heavy atom. The van der Waals surface area contributed by atoms with E-state index in [1.54, 1.807) is 24.3 Å². The van der Waals surface area contributed by atoms with Crippen molar-refractivity contribution in [3.05, 3.63) is 29.8 Å². The van der Waals surface area contributed by atoms with Crippen molar-refractivity contribution in [2.75, 3.05) is 11.9 Å². The number of carbonyl (C=O) groups is 2. The van der Waals surface area contributed by atoms with E-state index in [2.05, 4.69) is 5.32 Å². The molecule has 0 atom stereocenters. The van der Waals surface area contributed by atoms with Crippen LogP contribution in [-0.2, 0) is 9.53 Å². The van der Waals surface area contributed by atoms with Crippen LogP contribution >= 0.6 is 0 Å². The Hall–Kier alpha value is -1.84. The van der Waals surface area contributed by atoms with Gasteiger partial charge >= 0.3 is 5.97 Å². The van der Waals surface area contributed by atoms with Crippen LogP contribution < -0.4 is 5.32 Å². The van der Waals surface area contributed by atoms with Crippen LogP contribution in [0.3, 0.4) is 0 Å². The lowest BCUT2D eigenvalue weighted by atomic mass is 10.0. The predicted molar refractivity (Wildman–Crippen MR) is 84.3 cm³/mol. The average Bonchev–Trinajstić information content (AvgIpc) is 2.49. The second-order valence-electron chi connectivity index (χ2n) is 5.07. The summed E-state index contributed by atoms with van der Waals surface area (Å²) in [4.78, 5) is 23.9. The van der Waals surface area contributed by atoms with E-state index < -0.39 is 0 Å². The Balaban J connectivity index is 2.67. The van der Waals surface area contributed by atoms with Gasteiger partial charge in [0.15, 0.2) is 0 Å². The van der Waals surface area contributed by atoms with E-state index in [9.17, 15) is 9.59 Å². The largest absolute Gasteiger partial charge is 0.462 e. The molecular weight excluding hydrogens is 266 g/mol. The molecule has 0 unspecified atom stereocenters. The van der Waals surface area contributed by atoms with Crippen molar-refractivity contribution in [3.63, 3.8) is 0 Å². The van der Waals surface area contributed by atoms with Gasteiger partial charge in [-0.3, -0.25) is 4.79 Å². The molecule has 0 aliphatic heterocycles. The second kappa shape index (κ2) is 9.16. The molecule has 1 N–H and O–H groups in total. The SMILES string of the molecule is CCCCOC(=O)c1cccc(NC(=O)C(CC)CC)c1. The Kier molecular flexibility index (Phi) is 7.51. The summed E-state index contributed by atoms with van der Waals surface area (Å²) in [5, 5.41) is 2.86. The number of rotatable bonds is 8. The standard InChI is InChI=1S/C17H25NO3/c1-4-7-11-21-17(20)14-9-8-10-15(12-14)18-16(19)13(5-2)6-3/h8-10,12-13H,4-7,11H2,1-3H3,(H,18,19).